The molecule has 4 rings (SSSR count). The molecule has 0 bridgehead atoms. The van der Waals surface area contributed by atoms with E-state index in [1.54, 1.807) is 12.1 Å². The van der Waals surface area contributed by atoms with Crippen molar-refractivity contribution in [1.82, 2.24) is 10.2 Å². The number of esters is 1. The number of imide groups is 1. The second-order valence-corrected chi connectivity index (χ2v) is 6.93. The van der Waals surface area contributed by atoms with Crippen molar-refractivity contribution in [3.8, 4) is 17.2 Å². The third-order valence-corrected chi connectivity index (χ3v) is 5.36. The molecule has 138 valence electrons. The van der Waals surface area contributed by atoms with Crippen molar-refractivity contribution >= 4 is 17.9 Å². The summed E-state index contributed by atoms with van der Waals surface area (Å²) in [6.07, 6.45) is 3.40. The first kappa shape index (κ1) is 16.7. The maximum absolute atomic E-state index is 12.8. The van der Waals surface area contributed by atoms with Crippen molar-refractivity contribution in [2.75, 3.05) is 13.3 Å². The summed E-state index contributed by atoms with van der Waals surface area (Å²) in [6, 6.07) is 4.21. The van der Waals surface area contributed by atoms with E-state index in [2.05, 4.69) is 5.32 Å². The van der Waals surface area contributed by atoms with E-state index < -0.39 is 24.1 Å². The summed E-state index contributed by atoms with van der Waals surface area (Å²) in [5.41, 5.74) is -0.881. The number of carbonyl (C=O) groups excluding carboxylic acids is 3. The van der Waals surface area contributed by atoms with Crippen molar-refractivity contribution in [2.45, 2.75) is 38.1 Å². The summed E-state index contributed by atoms with van der Waals surface area (Å²) in [7, 11) is 0. The molecule has 1 spiro atoms. The maximum Gasteiger partial charge on any atom is 0.331 e. The van der Waals surface area contributed by atoms with E-state index in [1.807, 2.05) is 6.92 Å². The number of carbonyl (C=O) groups is 3. The van der Waals surface area contributed by atoms with Crippen LogP contribution in [0.3, 0.4) is 0 Å². The van der Waals surface area contributed by atoms with Gasteiger partial charge < -0.3 is 19.5 Å². The molecule has 1 saturated carbocycles. The van der Waals surface area contributed by atoms with Crippen LogP contribution in [0, 0.1) is 5.92 Å². The minimum Gasteiger partial charge on any atom is -0.454 e. The van der Waals surface area contributed by atoms with Crippen LogP contribution >= 0.6 is 0 Å². The quantitative estimate of drug-likeness (QED) is 0.502. The fraction of sp³-hybridized carbons (Fsp3) is 0.500. The van der Waals surface area contributed by atoms with Crippen LogP contribution in [0.2, 0.25) is 0 Å². The Morgan fingerprint density at radius 2 is 2.12 bits per heavy atom. The Kier molecular flexibility index (Phi) is 3.97. The highest BCUT2D eigenvalue weighted by Crippen LogP contribution is 2.38. The second-order valence-electron chi connectivity index (χ2n) is 6.93. The summed E-state index contributed by atoms with van der Waals surface area (Å²) in [5.74, 6) is 0.354. The van der Waals surface area contributed by atoms with Gasteiger partial charge in [0.25, 0.3) is 5.91 Å². The van der Waals surface area contributed by atoms with E-state index in [0.29, 0.717) is 17.9 Å². The zero-order chi connectivity index (χ0) is 18.3. The van der Waals surface area contributed by atoms with E-state index in [9.17, 15) is 14.4 Å². The summed E-state index contributed by atoms with van der Waals surface area (Å²) >= 11 is 0. The number of fused-ring (bicyclic) bond motifs is 1. The molecule has 26 heavy (non-hydrogen) atoms. The predicted octanol–water partition coefficient (Wildman–Crippen LogP) is 1.82. The summed E-state index contributed by atoms with van der Waals surface area (Å²) in [4.78, 5) is 38.3. The first-order chi connectivity index (χ1) is 12.5. The number of urea groups is 1. The van der Waals surface area contributed by atoms with E-state index in [-0.39, 0.29) is 24.4 Å². The first-order valence-electron chi connectivity index (χ1n) is 8.74. The monoisotopic (exact) mass is 360 g/mol. The van der Waals surface area contributed by atoms with Gasteiger partial charge in [0.15, 0.2) is 11.5 Å². The van der Waals surface area contributed by atoms with E-state index in [0.717, 1.165) is 24.2 Å². The number of hydrogen-bond acceptors (Lipinski definition) is 6. The van der Waals surface area contributed by atoms with Crippen LogP contribution in [0.5, 0.6) is 17.2 Å². The van der Waals surface area contributed by atoms with Crippen LogP contribution in [0.1, 0.15) is 32.6 Å². The minimum absolute atomic E-state index is 0.0441. The Morgan fingerprint density at radius 3 is 2.92 bits per heavy atom. The van der Waals surface area contributed by atoms with Gasteiger partial charge in [-0.1, -0.05) is 19.8 Å². The van der Waals surface area contributed by atoms with Gasteiger partial charge in [-0.05, 0) is 30.9 Å². The Labute approximate surface area is 150 Å². The van der Waals surface area contributed by atoms with Crippen LogP contribution < -0.4 is 19.5 Å². The molecule has 0 radical (unpaired) electrons. The van der Waals surface area contributed by atoms with Crippen LogP contribution in [0.15, 0.2) is 18.2 Å². The third kappa shape index (κ3) is 2.65. The lowest BCUT2D eigenvalue weighted by Gasteiger charge is -2.36. The number of nitrogens with one attached hydrogen (secondary N) is 1. The van der Waals surface area contributed by atoms with Gasteiger partial charge in [-0.25, -0.2) is 9.59 Å². The first-order valence-corrected chi connectivity index (χ1v) is 8.74. The third-order valence-electron chi connectivity index (χ3n) is 5.36. The molecule has 3 amide bonds. The molecule has 3 aliphatic rings. The zero-order valence-corrected chi connectivity index (χ0v) is 14.4. The average Bonchev–Trinajstić information content (AvgIpc) is 3.16. The maximum atomic E-state index is 12.8. The van der Waals surface area contributed by atoms with Crippen LogP contribution in [-0.2, 0) is 9.59 Å². The van der Waals surface area contributed by atoms with Crippen molar-refractivity contribution in [3.63, 3.8) is 0 Å². The molecule has 8 nitrogen and oxygen atoms in total. The lowest BCUT2D eigenvalue weighted by Crippen LogP contribution is -2.54. The molecule has 1 aromatic rings. The Balaban J connectivity index is 1.44. The van der Waals surface area contributed by atoms with Gasteiger partial charge in [-0.15, -0.1) is 0 Å². The molecule has 1 aliphatic carbocycles. The molecular weight excluding hydrogens is 340 g/mol. The van der Waals surface area contributed by atoms with Gasteiger partial charge in [-0.2, -0.15) is 0 Å². The Morgan fingerprint density at radius 1 is 1.31 bits per heavy atom. The van der Waals surface area contributed by atoms with Gasteiger partial charge in [0.05, 0.1) is 0 Å². The SMILES string of the molecule is C[C@@H]1CCCC[C@@]12NC(=O)N(CC(=O)Oc1ccc3c(c1)OCO3)C2=O. The topological polar surface area (TPSA) is 94.2 Å². The largest absolute Gasteiger partial charge is 0.454 e. The number of ether oxygens (including phenoxy) is 3. The molecule has 0 aromatic heterocycles. The standard InChI is InChI=1S/C18H20N2O6/c1-11-4-2-3-7-18(11)16(22)20(17(23)19-18)9-15(21)26-12-5-6-13-14(8-12)25-10-24-13/h5-6,8,11H,2-4,7,9-10H2,1H3,(H,19,23)/t11-,18-/m1/s1. The second kappa shape index (κ2) is 6.19. The average molecular weight is 360 g/mol. The molecule has 2 fully saturated rings. The Hall–Kier alpha value is -2.77. The summed E-state index contributed by atoms with van der Waals surface area (Å²) < 4.78 is 15.7. The fourth-order valence-corrected chi connectivity index (χ4v) is 3.87. The van der Waals surface area contributed by atoms with Crippen LogP contribution in [0.4, 0.5) is 4.79 Å². The molecule has 1 aromatic carbocycles. The predicted molar refractivity (Wildman–Crippen MR) is 88.8 cm³/mol. The van der Waals surface area contributed by atoms with Crippen LogP contribution in [-0.4, -0.2) is 41.7 Å². The molecule has 2 aliphatic heterocycles. The smallest absolute Gasteiger partial charge is 0.331 e. The molecule has 0 unspecified atom stereocenters. The lowest BCUT2D eigenvalue weighted by molar-refractivity contribution is -0.142. The van der Waals surface area contributed by atoms with Crippen molar-refractivity contribution < 1.29 is 28.6 Å². The summed E-state index contributed by atoms with van der Waals surface area (Å²) in [6.45, 7) is 1.66. The summed E-state index contributed by atoms with van der Waals surface area (Å²) in [5, 5.41) is 2.82. The molecule has 1 saturated heterocycles. The fourth-order valence-electron chi connectivity index (χ4n) is 3.87. The normalized spacial score (nSPS) is 27.0. The number of rotatable bonds is 3. The van der Waals surface area contributed by atoms with Crippen molar-refractivity contribution in [1.29, 1.82) is 0 Å². The highest BCUT2D eigenvalue weighted by molar-refractivity contribution is 6.09. The number of nitrogens with zero attached hydrogens (tertiary/aromatic N) is 1. The number of amides is 3. The van der Waals surface area contributed by atoms with Gasteiger partial charge in [0, 0.05) is 6.07 Å². The molecule has 2 atom stereocenters. The van der Waals surface area contributed by atoms with E-state index in [4.69, 9.17) is 14.2 Å². The molecular formula is C18H20N2O6. The zero-order valence-electron chi connectivity index (χ0n) is 14.4. The van der Waals surface area contributed by atoms with Gasteiger partial charge in [0.1, 0.15) is 17.8 Å². The highest BCUT2D eigenvalue weighted by atomic mass is 16.7. The Bertz CT molecular complexity index is 779. The van der Waals surface area contributed by atoms with Gasteiger partial charge in [0.2, 0.25) is 6.79 Å². The van der Waals surface area contributed by atoms with Crippen molar-refractivity contribution in [2.24, 2.45) is 5.92 Å². The van der Waals surface area contributed by atoms with Gasteiger partial charge >= 0.3 is 12.0 Å². The molecule has 2 heterocycles. The highest BCUT2D eigenvalue weighted by Gasteiger charge is 2.55. The molecule has 1 N–H and O–H groups in total. The van der Waals surface area contributed by atoms with E-state index >= 15 is 0 Å². The van der Waals surface area contributed by atoms with Gasteiger partial charge in [-0.3, -0.25) is 9.69 Å². The number of hydrogen-bond donors (Lipinski definition) is 1. The minimum atomic E-state index is -0.881. The molecule has 8 heteroatoms. The number of benzene rings is 1. The lowest BCUT2D eigenvalue weighted by atomic mass is 9.73. The van der Waals surface area contributed by atoms with Crippen LogP contribution in [0.25, 0.3) is 0 Å². The van der Waals surface area contributed by atoms with Crippen molar-refractivity contribution in [3.05, 3.63) is 18.2 Å². The van der Waals surface area contributed by atoms with E-state index in [1.165, 1.54) is 6.07 Å².